The number of hydrogen-bond acceptors (Lipinski definition) is 6. The summed E-state index contributed by atoms with van der Waals surface area (Å²) >= 11 is 0. The Bertz CT molecular complexity index is 360. The SMILES string of the molecule is COC(=O)CC(C)C(=O)O[C@H]1C(=O)OCC1(C)C. The number of esters is 3. The van der Waals surface area contributed by atoms with Crippen molar-refractivity contribution in [2.75, 3.05) is 13.7 Å². The molecule has 0 saturated carbocycles. The maximum absolute atomic E-state index is 11.7. The highest BCUT2D eigenvalue weighted by atomic mass is 16.6. The molecule has 0 aromatic carbocycles. The minimum absolute atomic E-state index is 0.0719. The average molecular weight is 258 g/mol. The van der Waals surface area contributed by atoms with Crippen molar-refractivity contribution >= 4 is 17.9 Å². The summed E-state index contributed by atoms with van der Waals surface area (Å²) < 4.78 is 14.4. The maximum Gasteiger partial charge on any atom is 0.348 e. The van der Waals surface area contributed by atoms with Crippen molar-refractivity contribution in [2.45, 2.75) is 33.3 Å². The first-order valence-electron chi connectivity index (χ1n) is 5.72. The highest BCUT2D eigenvalue weighted by molar-refractivity contribution is 5.84. The summed E-state index contributed by atoms with van der Waals surface area (Å²) in [6, 6.07) is 0. The van der Waals surface area contributed by atoms with Gasteiger partial charge in [0.15, 0.2) is 0 Å². The molecule has 1 aliphatic heterocycles. The van der Waals surface area contributed by atoms with Crippen LogP contribution in [0.3, 0.4) is 0 Å². The summed E-state index contributed by atoms with van der Waals surface area (Å²) in [5.74, 6) is -2.29. The molecule has 1 rings (SSSR count). The van der Waals surface area contributed by atoms with Crippen molar-refractivity contribution in [3.8, 4) is 0 Å². The van der Waals surface area contributed by atoms with Crippen molar-refractivity contribution in [3.63, 3.8) is 0 Å². The van der Waals surface area contributed by atoms with E-state index in [2.05, 4.69) is 4.74 Å². The second-order valence-electron chi connectivity index (χ2n) is 5.09. The van der Waals surface area contributed by atoms with Crippen LogP contribution in [0.2, 0.25) is 0 Å². The third-order valence-electron chi connectivity index (χ3n) is 2.85. The summed E-state index contributed by atoms with van der Waals surface area (Å²) in [6.45, 7) is 5.32. The molecule has 2 atom stereocenters. The number of cyclic esters (lactones) is 1. The van der Waals surface area contributed by atoms with Gasteiger partial charge in [-0.3, -0.25) is 9.59 Å². The monoisotopic (exact) mass is 258 g/mol. The fourth-order valence-electron chi connectivity index (χ4n) is 1.58. The molecule has 1 saturated heterocycles. The lowest BCUT2D eigenvalue weighted by atomic mass is 9.89. The molecular formula is C12H18O6. The van der Waals surface area contributed by atoms with Crippen molar-refractivity contribution in [1.29, 1.82) is 0 Å². The molecule has 1 unspecified atom stereocenters. The Morgan fingerprint density at radius 3 is 2.56 bits per heavy atom. The Kier molecular flexibility index (Phi) is 4.32. The molecule has 0 aliphatic carbocycles. The van der Waals surface area contributed by atoms with Gasteiger partial charge in [0.1, 0.15) is 6.61 Å². The molecule has 0 N–H and O–H groups in total. The fourth-order valence-corrected chi connectivity index (χ4v) is 1.58. The Hall–Kier alpha value is -1.59. The van der Waals surface area contributed by atoms with Gasteiger partial charge >= 0.3 is 17.9 Å². The maximum atomic E-state index is 11.7. The first-order chi connectivity index (χ1) is 8.27. The minimum Gasteiger partial charge on any atom is -0.469 e. The van der Waals surface area contributed by atoms with Crippen molar-refractivity contribution in [2.24, 2.45) is 11.3 Å². The van der Waals surface area contributed by atoms with Gasteiger partial charge < -0.3 is 14.2 Å². The highest BCUT2D eigenvalue weighted by Crippen LogP contribution is 2.31. The van der Waals surface area contributed by atoms with Gasteiger partial charge in [-0.1, -0.05) is 20.8 Å². The summed E-state index contributed by atoms with van der Waals surface area (Å²) in [7, 11) is 1.25. The van der Waals surface area contributed by atoms with Crippen LogP contribution in [0.25, 0.3) is 0 Å². The molecule has 6 heteroatoms. The van der Waals surface area contributed by atoms with Gasteiger partial charge in [0.2, 0.25) is 6.10 Å². The molecule has 0 aromatic heterocycles. The van der Waals surface area contributed by atoms with Crippen LogP contribution in [-0.2, 0) is 28.6 Å². The standard InChI is InChI=1S/C12H18O6/c1-7(5-8(13)16-4)10(14)18-9-11(15)17-6-12(9,2)3/h7,9H,5-6H2,1-4H3/t7?,9-/m0/s1. The molecule has 102 valence electrons. The lowest BCUT2D eigenvalue weighted by Crippen LogP contribution is -2.36. The zero-order valence-electron chi connectivity index (χ0n) is 11.0. The van der Waals surface area contributed by atoms with E-state index < -0.39 is 35.3 Å². The van der Waals surface area contributed by atoms with E-state index in [-0.39, 0.29) is 13.0 Å². The van der Waals surface area contributed by atoms with Crippen LogP contribution in [-0.4, -0.2) is 37.7 Å². The highest BCUT2D eigenvalue weighted by Gasteiger charge is 2.47. The fraction of sp³-hybridized carbons (Fsp3) is 0.750. The Morgan fingerprint density at radius 2 is 2.11 bits per heavy atom. The van der Waals surface area contributed by atoms with Crippen LogP contribution in [0.1, 0.15) is 27.2 Å². The van der Waals surface area contributed by atoms with Gasteiger partial charge in [-0.05, 0) is 0 Å². The number of methoxy groups -OCH3 is 1. The second-order valence-corrected chi connectivity index (χ2v) is 5.09. The molecule has 0 spiro atoms. The van der Waals surface area contributed by atoms with E-state index in [1.165, 1.54) is 7.11 Å². The van der Waals surface area contributed by atoms with Crippen molar-refractivity contribution in [3.05, 3.63) is 0 Å². The largest absolute Gasteiger partial charge is 0.469 e. The van der Waals surface area contributed by atoms with Gasteiger partial charge in [0.05, 0.1) is 19.4 Å². The Labute approximate surface area is 106 Å². The number of ether oxygens (including phenoxy) is 3. The first kappa shape index (κ1) is 14.5. The molecular weight excluding hydrogens is 240 g/mol. The minimum atomic E-state index is -0.912. The number of hydrogen-bond donors (Lipinski definition) is 0. The average Bonchev–Trinajstić information content (AvgIpc) is 2.55. The molecule has 0 aromatic rings. The molecule has 18 heavy (non-hydrogen) atoms. The molecule has 6 nitrogen and oxygen atoms in total. The number of carbonyl (C=O) groups is 3. The third kappa shape index (κ3) is 3.21. The van der Waals surface area contributed by atoms with Crippen LogP contribution >= 0.6 is 0 Å². The van der Waals surface area contributed by atoms with E-state index in [4.69, 9.17) is 9.47 Å². The Balaban J connectivity index is 2.59. The third-order valence-corrected chi connectivity index (χ3v) is 2.85. The summed E-state index contributed by atoms with van der Waals surface area (Å²) in [5.41, 5.74) is -0.544. The van der Waals surface area contributed by atoms with Crippen LogP contribution in [0.15, 0.2) is 0 Å². The van der Waals surface area contributed by atoms with Crippen molar-refractivity contribution in [1.82, 2.24) is 0 Å². The molecule has 1 aliphatic rings. The Morgan fingerprint density at radius 1 is 1.50 bits per heavy atom. The predicted molar refractivity (Wildman–Crippen MR) is 60.4 cm³/mol. The van der Waals surface area contributed by atoms with Crippen molar-refractivity contribution < 1.29 is 28.6 Å². The number of carbonyl (C=O) groups excluding carboxylic acids is 3. The van der Waals surface area contributed by atoms with E-state index in [0.29, 0.717) is 0 Å². The summed E-state index contributed by atoms with van der Waals surface area (Å²) in [6.07, 6.45) is -0.984. The van der Waals surface area contributed by atoms with E-state index in [9.17, 15) is 14.4 Å². The summed E-state index contributed by atoms with van der Waals surface area (Å²) in [4.78, 5) is 34.2. The molecule has 1 heterocycles. The zero-order chi connectivity index (χ0) is 13.9. The topological polar surface area (TPSA) is 78.9 Å². The predicted octanol–water partition coefficient (Wildman–Crippen LogP) is 0.680. The second kappa shape index (κ2) is 5.37. The quantitative estimate of drug-likeness (QED) is 0.545. The van der Waals surface area contributed by atoms with Crippen LogP contribution in [0.5, 0.6) is 0 Å². The van der Waals surface area contributed by atoms with E-state index in [0.717, 1.165) is 0 Å². The normalized spacial score (nSPS) is 23.1. The van der Waals surface area contributed by atoms with Crippen LogP contribution in [0.4, 0.5) is 0 Å². The smallest absolute Gasteiger partial charge is 0.348 e. The van der Waals surface area contributed by atoms with Gasteiger partial charge in [0.25, 0.3) is 0 Å². The van der Waals surface area contributed by atoms with Gasteiger partial charge in [-0.25, -0.2) is 4.79 Å². The van der Waals surface area contributed by atoms with E-state index >= 15 is 0 Å². The molecule has 0 amide bonds. The zero-order valence-corrected chi connectivity index (χ0v) is 11.0. The van der Waals surface area contributed by atoms with Gasteiger partial charge in [-0.2, -0.15) is 0 Å². The lowest BCUT2D eigenvalue weighted by molar-refractivity contribution is -0.167. The van der Waals surface area contributed by atoms with Crippen LogP contribution in [0, 0.1) is 11.3 Å². The summed E-state index contributed by atoms with van der Waals surface area (Å²) in [5, 5.41) is 0. The lowest BCUT2D eigenvalue weighted by Gasteiger charge is -2.22. The van der Waals surface area contributed by atoms with Gasteiger partial charge in [-0.15, -0.1) is 0 Å². The molecule has 1 fully saturated rings. The van der Waals surface area contributed by atoms with Gasteiger partial charge in [0, 0.05) is 5.41 Å². The van der Waals surface area contributed by atoms with Crippen LogP contribution < -0.4 is 0 Å². The molecule has 0 radical (unpaired) electrons. The van der Waals surface area contributed by atoms with E-state index in [1.807, 2.05) is 0 Å². The number of rotatable bonds is 4. The first-order valence-corrected chi connectivity index (χ1v) is 5.72. The molecule has 0 bridgehead atoms. The van der Waals surface area contributed by atoms with E-state index in [1.54, 1.807) is 20.8 Å².